The standard InChI is InChI=1S/C20H19N3O3/c1-13-11-18(26-22-13)17-8-4-10-23(17)20(25)15-6-2-5-14(12-15)16-7-3-9-21-19(16)24/h2-3,5-7,9,11-12,17H,4,8,10H2,1H3,(H,21,24)/t17-/m0/s1. The number of hydrogen-bond donors (Lipinski definition) is 1. The Hall–Kier alpha value is -3.15. The van der Waals surface area contributed by atoms with Gasteiger partial charge in [-0.3, -0.25) is 9.59 Å². The Morgan fingerprint density at radius 3 is 2.92 bits per heavy atom. The fraction of sp³-hybridized carbons (Fsp3) is 0.250. The predicted molar refractivity (Wildman–Crippen MR) is 96.8 cm³/mol. The van der Waals surface area contributed by atoms with Crippen LogP contribution in [0.3, 0.4) is 0 Å². The molecule has 1 aromatic carbocycles. The lowest BCUT2D eigenvalue weighted by atomic mass is 10.0. The topological polar surface area (TPSA) is 79.2 Å². The van der Waals surface area contributed by atoms with E-state index in [1.807, 2.05) is 24.0 Å². The van der Waals surface area contributed by atoms with Crippen LogP contribution in [-0.2, 0) is 0 Å². The Kier molecular flexibility index (Phi) is 4.16. The van der Waals surface area contributed by atoms with Crippen molar-refractivity contribution < 1.29 is 9.32 Å². The molecule has 6 heteroatoms. The van der Waals surface area contributed by atoms with E-state index < -0.39 is 0 Å². The highest BCUT2D eigenvalue weighted by molar-refractivity contribution is 5.95. The van der Waals surface area contributed by atoms with E-state index >= 15 is 0 Å². The lowest BCUT2D eigenvalue weighted by Gasteiger charge is -2.23. The number of nitrogens with one attached hydrogen (secondary N) is 1. The molecule has 26 heavy (non-hydrogen) atoms. The van der Waals surface area contributed by atoms with Crippen LogP contribution in [0, 0.1) is 6.92 Å². The minimum absolute atomic E-state index is 0.0595. The molecule has 1 fully saturated rings. The minimum Gasteiger partial charge on any atom is -0.359 e. The number of benzene rings is 1. The summed E-state index contributed by atoms with van der Waals surface area (Å²) < 4.78 is 5.38. The van der Waals surface area contributed by atoms with Crippen molar-refractivity contribution in [1.82, 2.24) is 15.0 Å². The maximum absolute atomic E-state index is 13.1. The molecular formula is C20H19N3O3. The Morgan fingerprint density at radius 1 is 1.27 bits per heavy atom. The van der Waals surface area contributed by atoms with Crippen molar-refractivity contribution in [2.45, 2.75) is 25.8 Å². The van der Waals surface area contributed by atoms with Gasteiger partial charge in [0.05, 0.1) is 11.7 Å². The van der Waals surface area contributed by atoms with Crippen molar-refractivity contribution >= 4 is 5.91 Å². The number of nitrogens with zero attached hydrogens (tertiary/aromatic N) is 2. The van der Waals surface area contributed by atoms with Gasteiger partial charge >= 0.3 is 0 Å². The van der Waals surface area contributed by atoms with Crippen molar-refractivity contribution in [3.05, 3.63) is 76.0 Å². The van der Waals surface area contributed by atoms with E-state index in [1.165, 1.54) is 0 Å². The molecule has 1 aliphatic heterocycles. The van der Waals surface area contributed by atoms with E-state index in [4.69, 9.17) is 4.52 Å². The van der Waals surface area contributed by atoms with Gasteiger partial charge in [-0.1, -0.05) is 17.3 Å². The molecular weight excluding hydrogens is 330 g/mol. The van der Waals surface area contributed by atoms with Gasteiger partial charge in [-0.2, -0.15) is 0 Å². The van der Waals surface area contributed by atoms with Crippen molar-refractivity contribution in [3.8, 4) is 11.1 Å². The summed E-state index contributed by atoms with van der Waals surface area (Å²) in [5.41, 5.74) is 2.47. The smallest absolute Gasteiger partial charge is 0.255 e. The lowest BCUT2D eigenvalue weighted by molar-refractivity contribution is 0.0714. The van der Waals surface area contributed by atoms with Crippen LogP contribution < -0.4 is 5.56 Å². The zero-order chi connectivity index (χ0) is 18.1. The number of likely N-dealkylation sites (tertiary alicyclic amines) is 1. The minimum atomic E-state index is -0.173. The van der Waals surface area contributed by atoms with Crippen molar-refractivity contribution in [1.29, 1.82) is 0 Å². The molecule has 2 aromatic heterocycles. The van der Waals surface area contributed by atoms with Crippen molar-refractivity contribution in [2.24, 2.45) is 0 Å². The molecule has 6 nitrogen and oxygen atoms in total. The first-order valence-electron chi connectivity index (χ1n) is 8.66. The molecule has 0 saturated carbocycles. The number of aromatic amines is 1. The van der Waals surface area contributed by atoms with Gasteiger partial charge in [-0.25, -0.2) is 0 Å². The van der Waals surface area contributed by atoms with Gasteiger partial charge in [0.1, 0.15) is 0 Å². The maximum Gasteiger partial charge on any atom is 0.255 e. The molecule has 3 heterocycles. The van der Waals surface area contributed by atoms with Crippen LogP contribution in [0.15, 0.2) is 58.0 Å². The van der Waals surface area contributed by atoms with E-state index in [9.17, 15) is 9.59 Å². The highest BCUT2D eigenvalue weighted by Crippen LogP contribution is 2.33. The van der Waals surface area contributed by atoms with Gasteiger partial charge < -0.3 is 14.4 Å². The molecule has 0 unspecified atom stereocenters. The summed E-state index contributed by atoms with van der Waals surface area (Å²) in [6, 6.07) is 12.5. The Morgan fingerprint density at radius 2 is 2.15 bits per heavy atom. The van der Waals surface area contributed by atoms with Crippen LogP contribution in [0.5, 0.6) is 0 Å². The summed E-state index contributed by atoms with van der Waals surface area (Å²) in [5.74, 6) is 0.666. The zero-order valence-electron chi connectivity index (χ0n) is 14.4. The van der Waals surface area contributed by atoms with Crippen LogP contribution in [0.2, 0.25) is 0 Å². The number of rotatable bonds is 3. The van der Waals surface area contributed by atoms with Crippen LogP contribution >= 0.6 is 0 Å². The summed E-state index contributed by atoms with van der Waals surface area (Å²) in [5, 5.41) is 3.94. The third-order valence-corrected chi connectivity index (χ3v) is 4.73. The first-order valence-corrected chi connectivity index (χ1v) is 8.66. The number of pyridine rings is 1. The highest BCUT2D eigenvalue weighted by Gasteiger charge is 2.33. The monoisotopic (exact) mass is 349 g/mol. The molecule has 132 valence electrons. The lowest BCUT2D eigenvalue weighted by Crippen LogP contribution is -2.30. The van der Waals surface area contributed by atoms with Gasteiger partial charge in [-0.15, -0.1) is 0 Å². The Balaban J connectivity index is 1.65. The Bertz CT molecular complexity index is 1010. The number of aryl methyl sites for hydroxylation is 1. The summed E-state index contributed by atoms with van der Waals surface area (Å²) in [7, 11) is 0. The fourth-order valence-corrected chi connectivity index (χ4v) is 3.48. The fourth-order valence-electron chi connectivity index (χ4n) is 3.48. The van der Waals surface area contributed by atoms with E-state index in [-0.39, 0.29) is 17.5 Å². The van der Waals surface area contributed by atoms with E-state index in [1.54, 1.807) is 36.5 Å². The molecule has 0 spiro atoms. The number of hydrogen-bond acceptors (Lipinski definition) is 4. The number of H-pyrrole nitrogens is 1. The third kappa shape index (κ3) is 2.94. The molecule has 3 aromatic rings. The molecule has 1 N–H and O–H groups in total. The summed E-state index contributed by atoms with van der Waals surface area (Å²) in [4.78, 5) is 29.6. The normalized spacial score (nSPS) is 16.8. The van der Waals surface area contributed by atoms with Crippen LogP contribution in [0.1, 0.15) is 40.7 Å². The molecule has 0 bridgehead atoms. The first kappa shape index (κ1) is 16.3. The molecule has 1 atom stereocenters. The molecule has 4 rings (SSSR count). The highest BCUT2D eigenvalue weighted by atomic mass is 16.5. The number of carbonyl (C=O) groups is 1. The number of amides is 1. The van der Waals surface area contributed by atoms with Gasteiger partial charge in [0.2, 0.25) is 0 Å². The van der Waals surface area contributed by atoms with Crippen LogP contribution in [-0.4, -0.2) is 27.5 Å². The molecule has 1 saturated heterocycles. The number of carbonyl (C=O) groups excluding carboxylic acids is 1. The maximum atomic E-state index is 13.1. The second-order valence-electron chi connectivity index (χ2n) is 6.52. The third-order valence-electron chi connectivity index (χ3n) is 4.73. The summed E-state index contributed by atoms with van der Waals surface area (Å²) in [6.45, 7) is 2.55. The largest absolute Gasteiger partial charge is 0.359 e. The molecule has 0 aliphatic carbocycles. The molecule has 1 aliphatic rings. The van der Waals surface area contributed by atoms with Gasteiger partial charge in [0, 0.05) is 29.9 Å². The average Bonchev–Trinajstić information content (AvgIpc) is 3.30. The van der Waals surface area contributed by atoms with Crippen LogP contribution in [0.25, 0.3) is 11.1 Å². The Labute approximate surface area is 150 Å². The second kappa shape index (κ2) is 6.63. The van der Waals surface area contributed by atoms with E-state index in [0.717, 1.165) is 29.9 Å². The first-order chi connectivity index (χ1) is 12.6. The van der Waals surface area contributed by atoms with Crippen molar-refractivity contribution in [3.63, 3.8) is 0 Å². The quantitative estimate of drug-likeness (QED) is 0.787. The van der Waals surface area contributed by atoms with E-state index in [2.05, 4.69) is 10.1 Å². The summed E-state index contributed by atoms with van der Waals surface area (Å²) in [6.07, 6.45) is 3.38. The van der Waals surface area contributed by atoms with Gasteiger partial charge in [0.25, 0.3) is 11.5 Å². The van der Waals surface area contributed by atoms with E-state index in [0.29, 0.717) is 17.7 Å². The van der Waals surface area contributed by atoms with Gasteiger partial charge in [-0.05, 0) is 49.6 Å². The molecule has 1 amide bonds. The predicted octanol–water partition coefficient (Wildman–Crippen LogP) is 3.32. The SMILES string of the molecule is Cc1cc([C@@H]2CCCN2C(=O)c2cccc(-c3ccc[nH]c3=O)c2)on1. The van der Waals surface area contributed by atoms with Crippen LogP contribution in [0.4, 0.5) is 0 Å². The molecule has 0 radical (unpaired) electrons. The summed E-state index contributed by atoms with van der Waals surface area (Å²) >= 11 is 0. The number of aromatic nitrogens is 2. The second-order valence-corrected chi connectivity index (χ2v) is 6.52. The van der Waals surface area contributed by atoms with Gasteiger partial charge in [0.15, 0.2) is 5.76 Å². The zero-order valence-corrected chi connectivity index (χ0v) is 14.4. The van der Waals surface area contributed by atoms with Crippen molar-refractivity contribution in [2.75, 3.05) is 6.54 Å². The average molecular weight is 349 g/mol.